The summed E-state index contributed by atoms with van der Waals surface area (Å²) in [6, 6.07) is 6.82. The summed E-state index contributed by atoms with van der Waals surface area (Å²) in [6.07, 6.45) is -0.130. The van der Waals surface area contributed by atoms with Gasteiger partial charge in [0.1, 0.15) is 5.75 Å². The van der Waals surface area contributed by atoms with Crippen molar-refractivity contribution in [1.29, 1.82) is 0 Å². The van der Waals surface area contributed by atoms with E-state index in [4.69, 9.17) is 0 Å². The highest BCUT2D eigenvalue weighted by atomic mass is 19.3. The molecule has 2 atom stereocenters. The van der Waals surface area contributed by atoms with Crippen LogP contribution in [-0.4, -0.2) is 11.5 Å². The van der Waals surface area contributed by atoms with Crippen LogP contribution in [-0.2, 0) is 0 Å². The van der Waals surface area contributed by atoms with Gasteiger partial charge in [-0.3, -0.25) is 0 Å². The van der Waals surface area contributed by atoms with E-state index in [-0.39, 0.29) is 11.7 Å². The zero-order chi connectivity index (χ0) is 10.8. The van der Waals surface area contributed by atoms with Gasteiger partial charge in [0.2, 0.25) is 6.43 Å². The van der Waals surface area contributed by atoms with Crippen molar-refractivity contribution in [3.05, 3.63) is 29.8 Å². The van der Waals surface area contributed by atoms with Crippen molar-refractivity contribution in [2.45, 2.75) is 31.6 Å². The smallest absolute Gasteiger partial charge is 0.242 e. The minimum absolute atomic E-state index is 0.148. The number of halogens is 2. The summed E-state index contributed by atoms with van der Waals surface area (Å²) in [5, 5.41) is 9.63. The highest BCUT2D eigenvalue weighted by Gasteiger charge is 2.36. The standard InChI is InChI=1S/C12H14F2O/c13-12(14)10-6-3-5-8(10)9-4-1-2-7-11(9)15/h1-2,4,7-8,10,12,15H,3,5-6H2. The Balaban J connectivity index is 2.27. The molecular weight excluding hydrogens is 198 g/mol. The first-order valence-corrected chi connectivity index (χ1v) is 5.26. The van der Waals surface area contributed by atoms with Crippen LogP contribution in [0, 0.1) is 5.92 Å². The molecule has 0 aromatic heterocycles. The first-order valence-electron chi connectivity index (χ1n) is 5.26. The van der Waals surface area contributed by atoms with Crippen LogP contribution in [0.2, 0.25) is 0 Å². The van der Waals surface area contributed by atoms with E-state index in [2.05, 4.69) is 0 Å². The van der Waals surface area contributed by atoms with Gasteiger partial charge in [-0.15, -0.1) is 0 Å². The van der Waals surface area contributed by atoms with Gasteiger partial charge in [-0.25, -0.2) is 8.78 Å². The molecule has 1 nitrogen and oxygen atoms in total. The number of hydrogen-bond donors (Lipinski definition) is 1. The predicted octanol–water partition coefficient (Wildman–Crippen LogP) is 3.54. The summed E-state index contributed by atoms with van der Waals surface area (Å²) in [4.78, 5) is 0. The van der Waals surface area contributed by atoms with E-state index >= 15 is 0 Å². The molecule has 1 saturated carbocycles. The third-order valence-corrected chi connectivity index (χ3v) is 3.23. The van der Waals surface area contributed by atoms with Gasteiger partial charge in [0.05, 0.1) is 0 Å². The van der Waals surface area contributed by atoms with Crippen LogP contribution in [0.1, 0.15) is 30.7 Å². The summed E-state index contributed by atoms with van der Waals surface area (Å²) < 4.78 is 25.5. The molecule has 0 radical (unpaired) electrons. The van der Waals surface area contributed by atoms with E-state index in [9.17, 15) is 13.9 Å². The van der Waals surface area contributed by atoms with Crippen molar-refractivity contribution in [3.8, 4) is 5.75 Å². The lowest BCUT2D eigenvalue weighted by molar-refractivity contribution is 0.0713. The maximum atomic E-state index is 12.7. The molecule has 3 heteroatoms. The molecule has 2 rings (SSSR count). The maximum Gasteiger partial charge on any atom is 0.242 e. The van der Waals surface area contributed by atoms with Gasteiger partial charge in [-0.05, 0) is 30.4 Å². The van der Waals surface area contributed by atoms with Crippen LogP contribution in [0.4, 0.5) is 8.78 Å². The highest BCUT2D eigenvalue weighted by Crippen LogP contribution is 2.45. The molecule has 1 aliphatic rings. The first-order chi connectivity index (χ1) is 7.20. The fourth-order valence-corrected chi connectivity index (χ4v) is 2.48. The second-order valence-electron chi connectivity index (χ2n) is 4.09. The Bertz CT molecular complexity index is 338. The minimum Gasteiger partial charge on any atom is -0.508 e. The Labute approximate surface area is 87.7 Å². The van der Waals surface area contributed by atoms with Crippen LogP contribution in [0.3, 0.4) is 0 Å². The maximum absolute atomic E-state index is 12.7. The van der Waals surface area contributed by atoms with E-state index in [0.29, 0.717) is 12.0 Å². The summed E-state index contributed by atoms with van der Waals surface area (Å²) in [5.41, 5.74) is 0.681. The molecule has 0 saturated heterocycles. The van der Waals surface area contributed by atoms with Crippen molar-refractivity contribution in [2.24, 2.45) is 5.92 Å². The molecule has 2 unspecified atom stereocenters. The van der Waals surface area contributed by atoms with Crippen molar-refractivity contribution < 1.29 is 13.9 Å². The number of phenolic OH excluding ortho intramolecular Hbond substituents is 1. The fourth-order valence-electron chi connectivity index (χ4n) is 2.48. The third kappa shape index (κ3) is 1.96. The summed E-state index contributed by atoms with van der Waals surface area (Å²) in [7, 11) is 0. The number of alkyl halides is 2. The molecule has 0 spiro atoms. The molecule has 0 amide bonds. The normalized spacial score (nSPS) is 26.1. The van der Waals surface area contributed by atoms with Crippen molar-refractivity contribution in [1.82, 2.24) is 0 Å². The average Bonchev–Trinajstić information content (AvgIpc) is 2.67. The van der Waals surface area contributed by atoms with Crippen LogP contribution < -0.4 is 0 Å². The summed E-state index contributed by atoms with van der Waals surface area (Å²) >= 11 is 0. The molecule has 0 bridgehead atoms. The van der Waals surface area contributed by atoms with Crippen molar-refractivity contribution >= 4 is 0 Å². The molecule has 1 N–H and O–H groups in total. The van der Waals surface area contributed by atoms with Crippen LogP contribution in [0.25, 0.3) is 0 Å². The number of phenols is 1. The van der Waals surface area contributed by atoms with E-state index in [1.807, 2.05) is 0 Å². The Hall–Kier alpha value is -1.12. The number of para-hydroxylation sites is 1. The molecule has 0 aliphatic heterocycles. The first kappa shape index (κ1) is 10.4. The summed E-state index contributed by atoms with van der Waals surface area (Å²) in [5.74, 6) is -0.612. The Morgan fingerprint density at radius 2 is 1.93 bits per heavy atom. The summed E-state index contributed by atoms with van der Waals surface area (Å²) in [6.45, 7) is 0. The molecule has 1 aromatic carbocycles. The zero-order valence-electron chi connectivity index (χ0n) is 8.37. The van der Waals surface area contributed by atoms with E-state index < -0.39 is 12.3 Å². The molecule has 1 aromatic rings. The molecule has 1 fully saturated rings. The topological polar surface area (TPSA) is 20.2 Å². The second kappa shape index (κ2) is 4.17. The minimum atomic E-state index is -2.28. The SMILES string of the molecule is Oc1ccccc1C1CCCC1C(F)F. The van der Waals surface area contributed by atoms with Crippen LogP contribution in [0.5, 0.6) is 5.75 Å². The predicted molar refractivity (Wildman–Crippen MR) is 54.2 cm³/mol. The highest BCUT2D eigenvalue weighted by molar-refractivity contribution is 5.35. The third-order valence-electron chi connectivity index (χ3n) is 3.23. The lowest BCUT2D eigenvalue weighted by Crippen LogP contribution is -2.14. The quantitative estimate of drug-likeness (QED) is 0.794. The largest absolute Gasteiger partial charge is 0.508 e. The lowest BCUT2D eigenvalue weighted by atomic mass is 9.88. The lowest BCUT2D eigenvalue weighted by Gasteiger charge is -2.19. The fraction of sp³-hybridized carbons (Fsp3) is 0.500. The van der Waals surface area contributed by atoms with E-state index in [1.54, 1.807) is 24.3 Å². The van der Waals surface area contributed by atoms with Crippen LogP contribution >= 0.6 is 0 Å². The van der Waals surface area contributed by atoms with Gasteiger partial charge in [-0.2, -0.15) is 0 Å². The van der Waals surface area contributed by atoms with Gasteiger partial charge in [-0.1, -0.05) is 24.6 Å². The molecule has 82 valence electrons. The zero-order valence-corrected chi connectivity index (χ0v) is 8.37. The second-order valence-corrected chi connectivity index (χ2v) is 4.09. The van der Waals surface area contributed by atoms with Gasteiger partial charge in [0, 0.05) is 5.92 Å². The van der Waals surface area contributed by atoms with Gasteiger partial charge in [0.25, 0.3) is 0 Å². The van der Waals surface area contributed by atoms with E-state index in [1.165, 1.54) is 0 Å². The number of rotatable bonds is 2. The monoisotopic (exact) mass is 212 g/mol. The Kier molecular flexibility index (Phi) is 2.89. The van der Waals surface area contributed by atoms with Gasteiger partial charge in [0.15, 0.2) is 0 Å². The number of hydrogen-bond acceptors (Lipinski definition) is 1. The molecule has 1 aliphatic carbocycles. The van der Waals surface area contributed by atoms with Crippen molar-refractivity contribution in [2.75, 3.05) is 0 Å². The molecule has 0 heterocycles. The van der Waals surface area contributed by atoms with Gasteiger partial charge < -0.3 is 5.11 Å². The number of benzene rings is 1. The van der Waals surface area contributed by atoms with Crippen molar-refractivity contribution in [3.63, 3.8) is 0 Å². The number of aromatic hydroxyl groups is 1. The van der Waals surface area contributed by atoms with Crippen LogP contribution in [0.15, 0.2) is 24.3 Å². The molecular formula is C12H14F2O. The Morgan fingerprint density at radius 1 is 1.20 bits per heavy atom. The Morgan fingerprint density at radius 3 is 2.60 bits per heavy atom. The van der Waals surface area contributed by atoms with Gasteiger partial charge >= 0.3 is 0 Å². The average molecular weight is 212 g/mol. The van der Waals surface area contributed by atoms with E-state index in [0.717, 1.165) is 12.8 Å². The molecule has 15 heavy (non-hydrogen) atoms.